The van der Waals surface area contributed by atoms with E-state index in [1.54, 1.807) is 13.2 Å². The molecule has 0 radical (unpaired) electrons. The normalized spacial score (nSPS) is 22.0. The maximum atomic E-state index is 12.7. The highest BCUT2D eigenvalue weighted by atomic mass is 16.5. The monoisotopic (exact) mass is 306 g/mol. The molecule has 1 aromatic rings. The van der Waals surface area contributed by atoms with Crippen molar-refractivity contribution >= 4 is 5.91 Å². The molecule has 2 rings (SSSR count). The molecule has 5 heteroatoms. The first-order valence-electron chi connectivity index (χ1n) is 7.72. The predicted octanol–water partition coefficient (Wildman–Crippen LogP) is 1.33. The third-order valence-electron chi connectivity index (χ3n) is 4.11. The molecule has 1 fully saturated rings. The molecule has 0 aromatic heterocycles. The maximum Gasteiger partial charge on any atom is 0.254 e. The minimum atomic E-state index is 0.0146. The Morgan fingerprint density at radius 2 is 2.09 bits per heavy atom. The highest BCUT2D eigenvalue weighted by Crippen LogP contribution is 2.24. The summed E-state index contributed by atoms with van der Waals surface area (Å²) >= 11 is 0. The Balaban J connectivity index is 2.12. The van der Waals surface area contributed by atoms with Gasteiger partial charge in [-0.3, -0.25) is 4.79 Å². The lowest BCUT2D eigenvalue weighted by Gasteiger charge is -2.38. The largest absolute Gasteiger partial charge is 0.497 e. The zero-order valence-electron chi connectivity index (χ0n) is 13.7. The van der Waals surface area contributed by atoms with E-state index in [2.05, 4.69) is 4.90 Å². The SMILES string of the molecule is COc1cccc(C(=O)N2C[C@@H](CO)C[C@@H](CN(C)C)C2)c1. The Labute approximate surface area is 132 Å². The standard InChI is InChI=1S/C17H26N2O3/c1-18(2)9-13-7-14(12-20)11-19(10-13)17(21)15-5-4-6-16(8-15)22-3/h4-6,8,13-14,20H,7,9-12H2,1-3H3/t13-,14-/m0/s1. The average molecular weight is 306 g/mol. The Morgan fingerprint density at radius 1 is 1.36 bits per heavy atom. The molecular weight excluding hydrogens is 280 g/mol. The van der Waals surface area contributed by atoms with Crippen LogP contribution in [0.1, 0.15) is 16.8 Å². The Bertz CT molecular complexity index is 504. The van der Waals surface area contributed by atoms with E-state index in [1.807, 2.05) is 37.2 Å². The zero-order chi connectivity index (χ0) is 16.1. The molecule has 22 heavy (non-hydrogen) atoms. The van der Waals surface area contributed by atoms with Crippen molar-refractivity contribution in [2.75, 3.05) is 47.4 Å². The summed E-state index contributed by atoms with van der Waals surface area (Å²) in [6.45, 7) is 2.42. The van der Waals surface area contributed by atoms with Crippen LogP contribution in [0.15, 0.2) is 24.3 Å². The van der Waals surface area contributed by atoms with Gasteiger partial charge in [-0.05, 0) is 50.6 Å². The molecule has 122 valence electrons. The molecule has 1 N–H and O–H groups in total. The summed E-state index contributed by atoms with van der Waals surface area (Å²) in [5, 5.41) is 9.52. The number of likely N-dealkylation sites (tertiary alicyclic amines) is 1. The molecule has 1 saturated heterocycles. The Morgan fingerprint density at radius 3 is 2.73 bits per heavy atom. The van der Waals surface area contributed by atoms with Gasteiger partial charge in [-0.1, -0.05) is 6.07 Å². The van der Waals surface area contributed by atoms with Crippen LogP contribution >= 0.6 is 0 Å². The van der Waals surface area contributed by atoms with Crippen LogP contribution in [0.4, 0.5) is 0 Å². The molecule has 0 aliphatic carbocycles. The van der Waals surface area contributed by atoms with Gasteiger partial charge in [-0.15, -0.1) is 0 Å². The minimum Gasteiger partial charge on any atom is -0.497 e. The van der Waals surface area contributed by atoms with Crippen molar-refractivity contribution in [1.82, 2.24) is 9.80 Å². The van der Waals surface area contributed by atoms with Gasteiger partial charge in [0.05, 0.1) is 7.11 Å². The van der Waals surface area contributed by atoms with E-state index in [0.717, 1.165) is 19.5 Å². The number of aliphatic hydroxyl groups excluding tert-OH is 1. The number of rotatable bonds is 5. The van der Waals surface area contributed by atoms with Crippen LogP contribution in [-0.2, 0) is 0 Å². The van der Waals surface area contributed by atoms with Crippen molar-refractivity contribution in [3.63, 3.8) is 0 Å². The third-order valence-corrected chi connectivity index (χ3v) is 4.11. The van der Waals surface area contributed by atoms with Crippen LogP contribution < -0.4 is 4.74 Å². The number of methoxy groups -OCH3 is 1. The third kappa shape index (κ3) is 4.21. The van der Waals surface area contributed by atoms with Crippen molar-refractivity contribution in [3.05, 3.63) is 29.8 Å². The first kappa shape index (κ1) is 16.8. The zero-order valence-corrected chi connectivity index (χ0v) is 13.7. The van der Waals surface area contributed by atoms with Crippen molar-refractivity contribution in [3.8, 4) is 5.75 Å². The fourth-order valence-corrected chi connectivity index (χ4v) is 3.20. The molecule has 1 aliphatic heterocycles. The van der Waals surface area contributed by atoms with Crippen LogP contribution in [0.5, 0.6) is 5.75 Å². The molecular formula is C17H26N2O3. The van der Waals surface area contributed by atoms with Crippen molar-refractivity contribution in [1.29, 1.82) is 0 Å². The molecule has 0 saturated carbocycles. The molecule has 1 heterocycles. The molecule has 0 unspecified atom stereocenters. The second-order valence-corrected chi connectivity index (χ2v) is 6.35. The van der Waals surface area contributed by atoms with Crippen LogP contribution in [0.2, 0.25) is 0 Å². The van der Waals surface area contributed by atoms with Crippen LogP contribution in [0.3, 0.4) is 0 Å². The van der Waals surface area contributed by atoms with E-state index in [-0.39, 0.29) is 18.4 Å². The Hall–Kier alpha value is -1.59. The van der Waals surface area contributed by atoms with Crippen molar-refractivity contribution in [2.24, 2.45) is 11.8 Å². The number of piperidine rings is 1. The van der Waals surface area contributed by atoms with Gasteiger partial charge in [-0.2, -0.15) is 0 Å². The van der Waals surface area contributed by atoms with Crippen LogP contribution in [0.25, 0.3) is 0 Å². The second-order valence-electron chi connectivity index (χ2n) is 6.35. The van der Waals surface area contributed by atoms with E-state index < -0.39 is 0 Å². The number of aliphatic hydroxyl groups is 1. The minimum absolute atomic E-state index is 0.0146. The molecule has 0 spiro atoms. The molecule has 1 aromatic carbocycles. The van der Waals surface area contributed by atoms with Gasteiger partial charge in [0, 0.05) is 31.8 Å². The number of benzene rings is 1. The van der Waals surface area contributed by atoms with Crippen molar-refractivity contribution in [2.45, 2.75) is 6.42 Å². The lowest BCUT2D eigenvalue weighted by atomic mass is 9.89. The summed E-state index contributed by atoms with van der Waals surface area (Å²) in [5.41, 5.74) is 0.640. The number of amides is 1. The Kier molecular flexibility index (Phi) is 5.80. The van der Waals surface area contributed by atoms with Gasteiger partial charge < -0.3 is 19.6 Å². The molecule has 2 atom stereocenters. The first-order chi connectivity index (χ1) is 10.5. The number of ether oxygens (including phenoxy) is 1. The lowest BCUT2D eigenvalue weighted by Crippen LogP contribution is -2.47. The molecule has 5 nitrogen and oxygen atoms in total. The summed E-state index contributed by atoms with van der Waals surface area (Å²) in [5.74, 6) is 1.26. The topological polar surface area (TPSA) is 53.0 Å². The van der Waals surface area contributed by atoms with Gasteiger partial charge in [0.1, 0.15) is 5.75 Å². The van der Waals surface area contributed by atoms with Gasteiger partial charge in [0.15, 0.2) is 0 Å². The number of carbonyl (C=O) groups is 1. The summed E-state index contributed by atoms with van der Waals surface area (Å²) in [6, 6.07) is 7.25. The fraction of sp³-hybridized carbons (Fsp3) is 0.588. The van der Waals surface area contributed by atoms with Crippen molar-refractivity contribution < 1.29 is 14.6 Å². The summed E-state index contributed by atoms with van der Waals surface area (Å²) in [7, 11) is 5.67. The number of carbonyl (C=O) groups excluding carboxylic acids is 1. The number of nitrogens with zero attached hydrogens (tertiary/aromatic N) is 2. The highest BCUT2D eigenvalue weighted by molar-refractivity contribution is 5.94. The van der Waals surface area contributed by atoms with Gasteiger partial charge in [-0.25, -0.2) is 0 Å². The summed E-state index contributed by atoms with van der Waals surface area (Å²) < 4.78 is 5.19. The van der Waals surface area contributed by atoms with E-state index in [1.165, 1.54) is 0 Å². The lowest BCUT2D eigenvalue weighted by molar-refractivity contribution is 0.0477. The van der Waals surface area contributed by atoms with E-state index in [9.17, 15) is 9.90 Å². The summed E-state index contributed by atoms with van der Waals surface area (Å²) in [6.07, 6.45) is 0.969. The van der Waals surface area contributed by atoms with E-state index >= 15 is 0 Å². The van der Waals surface area contributed by atoms with Gasteiger partial charge >= 0.3 is 0 Å². The molecule has 1 amide bonds. The second kappa shape index (κ2) is 7.61. The van der Waals surface area contributed by atoms with E-state index in [4.69, 9.17) is 4.74 Å². The van der Waals surface area contributed by atoms with E-state index in [0.29, 0.717) is 23.8 Å². The fourth-order valence-electron chi connectivity index (χ4n) is 3.20. The predicted molar refractivity (Wildman–Crippen MR) is 86.1 cm³/mol. The van der Waals surface area contributed by atoms with Gasteiger partial charge in [0.2, 0.25) is 0 Å². The van der Waals surface area contributed by atoms with Crippen LogP contribution in [0, 0.1) is 11.8 Å². The molecule has 0 bridgehead atoms. The first-order valence-corrected chi connectivity index (χ1v) is 7.72. The molecule has 1 aliphatic rings. The highest BCUT2D eigenvalue weighted by Gasteiger charge is 2.30. The maximum absolute atomic E-state index is 12.7. The summed E-state index contributed by atoms with van der Waals surface area (Å²) in [4.78, 5) is 16.7. The van der Waals surface area contributed by atoms with Gasteiger partial charge in [0.25, 0.3) is 5.91 Å². The number of hydrogen-bond acceptors (Lipinski definition) is 4. The van der Waals surface area contributed by atoms with Crippen LogP contribution in [-0.4, -0.2) is 68.3 Å². The quantitative estimate of drug-likeness (QED) is 0.891. The average Bonchev–Trinajstić information content (AvgIpc) is 2.53. The number of hydrogen-bond donors (Lipinski definition) is 1. The smallest absolute Gasteiger partial charge is 0.254 e.